The topological polar surface area (TPSA) is 93.5 Å². The third-order valence-corrected chi connectivity index (χ3v) is 7.68. The Bertz CT molecular complexity index is 973. The van der Waals surface area contributed by atoms with Gasteiger partial charge in [-0.1, -0.05) is 11.2 Å². The molecule has 2 amide bonds. The number of nitrogens with zero attached hydrogens (tertiary/aromatic N) is 1. The van der Waals surface area contributed by atoms with Gasteiger partial charge >= 0.3 is 0 Å². The first-order chi connectivity index (χ1) is 15.4. The van der Waals surface area contributed by atoms with Crippen molar-refractivity contribution in [2.24, 2.45) is 23.2 Å². The molecule has 2 N–H and O–H groups in total. The Morgan fingerprint density at radius 3 is 2.41 bits per heavy atom. The highest BCUT2D eigenvalue weighted by Gasteiger charge is 2.51. The fraction of sp³-hybridized carbons (Fsp3) is 0.560. The van der Waals surface area contributed by atoms with E-state index in [0.29, 0.717) is 24.3 Å². The van der Waals surface area contributed by atoms with Gasteiger partial charge in [-0.05, 0) is 93.7 Å². The number of ether oxygens (including phenoxy) is 1. The number of aryl methyl sites for hydroxylation is 2. The molecule has 6 rings (SSSR count). The highest BCUT2D eigenvalue weighted by Crippen LogP contribution is 2.61. The first-order valence-electron chi connectivity index (χ1n) is 11.6. The molecule has 4 aliphatic rings. The molecule has 4 saturated carbocycles. The molecule has 0 atom stereocenters. The molecule has 4 bridgehead atoms. The first kappa shape index (κ1) is 21.0. The highest BCUT2D eigenvalue weighted by molar-refractivity contribution is 5.95. The summed E-state index contributed by atoms with van der Waals surface area (Å²) < 4.78 is 11.0. The van der Waals surface area contributed by atoms with Gasteiger partial charge in [-0.25, -0.2) is 0 Å². The maximum absolute atomic E-state index is 12.7. The van der Waals surface area contributed by atoms with Gasteiger partial charge in [0.05, 0.1) is 11.3 Å². The second kappa shape index (κ2) is 8.26. The van der Waals surface area contributed by atoms with Gasteiger partial charge in [-0.3, -0.25) is 20.4 Å². The maximum Gasteiger partial charge on any atom is 0.269 e. The molecule has 7 heteroatoms. The van der Waals surface area contributed by atoms with Crippen molar-refractivity contribution in [3.05, 3.63) is 46.8 Å². The Morgan fingerprint density at radius 1 is 1.09 bits per heavy atom. The molecule has 2 aromatic rings. The van der Waals surface area contributed by atoms with E-state index in [1.54, 1.807) is 24.3 Å². The summed E-state index contributed by atoms with van der Waals surface area (Å²) >= 11 is 0. The van der Waals surface area contributed by atoms with Crippen molar-refractivity contribution in [3.8, 4) is 5.75 Å². The van der Waals surface area contributed by atoms with Crippen LogP contribution in [0.3, 0.4) is 0 Å². The molecule has 4 fully saturated rings. The molecule has 32 heavy (non-hydrogen) atoms. The average Bonchev–Trinajstić information content (AvgIpc) is 3.06. The van der Waals surface area contributed by atoms with Crippen LogP contribution in [0, 0.1) is 37.0 Å². The molecular weight excluding hydrogens is 406 g/mol. The van der Waals surface area contributed by atoms with Crippen molar-refractivity contribution in [2.75, 3.05) is 0 Å². The molecule has 4 aliphatic carbocycles. The maximum atomic E-state index is 12.7. The van der Waals surface area contributed by atoms with E-state index in [9.17, 15) is 9.59 Å². The first-order valence-corrected chi connectivity index (χ1v) is 11.6. The van der Waals surface area contributed by atoms with Crippen molar-refractivity contribution in [1.82, 2.24) is 16.0 Å². The molecule has 0 radical (unpaired) electrons. The predicted octanol–water partition coefficient (Wildman–Crippen LogP) is 4.24. The van der Waals surface area contributed by atoms with Crippen LogP contribution in [0.4, 0.5) is 0 Å². The van der Waals surface area contributed by atoms with Crippen LogP contribution < -0.4 is 15.6 Å². The van der Waals surface area contributed by atoms with E-state index in [1.165, 1.54) is 38.5 Å². The zero-order chi connectivity index (χ0) is 22.3. The van der Waals surface area contributed by atoms with Crippen LogP contribution in [-0.2, 0) is 11.4 Å². The van der Waals surface area contributed by atoms with Gasteiger partial charge in [0.2, 0.25) is 5.91 Å². The predicted molar refractivity (Wildman–Crippen MR) is 118 cm³/mol. The van der Waals surface area contributed by atoms with Crippen LogP contribution in [-0.4, -0.2) is 17.0 Å². The van der Waals surface area contributed by atoms with Crippen molar-refractivity contribution in [1.29, 1.82) is 0 Å². The summed E-state index contributed by atoms with van der Waals surface area (Å²) in [5.74, 6) is 3.25. The number of hydrazine groups is 1. The summed E-state index contributed by atoms with van der Waals surface area (Å²) in [5.41, 5.74) is 7.49. The largest absolute Gasteiger partial charge is 0.489 e. The molecule has 7 nitrogen and oxygen atoms in total. The Labute approximate surface area is 188 Å². The fourth-order valence-corrected chi connectivity index (χ4v) is 6.68. The number of aromatic nitrogens is 1. The summed E-state index contributed by atoms with van der Waals surface area (Å²) in [6, 6.07) is 6.91. The lowest BCUT2D eigenvalue weighted by Crippen LogP contribution is -2.50. The van der Waals surface area contributed by atoms with Gasteiger partial charge in [-0.2, -0.15) is 0 Å². The summed E-state index contributed by atoms with van der Waals surface area (Å²) in [6.07, 6.45) is 8.09. The normalized spacial score (nSPS) is 27.9. The molecule has 1 aromatic carbocycles. The summed E-state index contributed by atoms with van der Waals surface area (Å²) in [6.45, 7) is 4.02. The molecular formula is C25H31N3O4. The van der Waals surface area contributed by atoms with E-state index >= 15 is 0 Å². The summed E-state index contributed by atoms with van der Waals surface area (Å²) in [5, 5.41) is 3.92. The number of hydrogen-bond donors (Lipinski definition) is 2. The van der Waals surface area contributed by atoms with Crippen molar-refractivity contribution >= 4 is 11.8 Å². The van der Waals surface area contributed by atoms with Gasteiger partial charge in [-0.15, -0.1) is 0 Å². The van der Waals surface area contributed by atoms with Crippen molar-refractivity contribution in [3.63, 3.8) is 0 Å². The second-order valence-corrected chi connectivity index (χ2v) is 10.2. The fourth-order valence-electron chi connectivity index (χ4n) is 6.68. The molecule has 0 aliphatic heterocycles. The number of hydrogen-bond acceptors (Lipinski definition) is 5. The number of amides is 2. The number of carbonyl (C=O) groups excluding carboxylic acids is 2. The monoisotopic (exact) mass is 437 g/mol. The summed E-state index contributed by atoms with van der Waals surface area (Å²) in [4.78, 5) is 25.3. The molecule has 1 aromatic heterocycles. The summed E-state index contributed by atoms with van der Waals surface area (Å²) in [7, 11) is 0. The zero-order valence-electron chi connectivity index (χ0n) is 18.8. The Kier molecular flexibility index (Phi) is 5.43. The van der Waals surface area contributed by atoms with E-state index < -0.39 is 0 Å². The zero-order valence-corrected chi connectivity index (χ0v) is 18.8. The van der Waals surface area contributed by atoms with Gasteiger partial charge in [0.25, 0.3) is 5.91 Å². The van der Waals surface area contributed by atoms with E-state index in [4.69, 9.17) is 9.26 Å². The van der Waals surface area contributed by atoms with Gasteiger partial charge in [0.1, 0.15) is 18.1 Å². The lowest BCUT2D eigenvalue weighted by molar-refractivity contribution is -0.130. The minimum Gasteiger partial charge on any atom is -0.489 e. The number of rotatable bonds is 6. The number of nitrogens with one attached hydrogen (secondary N) is 2. The van der Waals surface area contributed by atoms with Crippen LogP contribution in [0.25, 0.3) is 0 Å². The Morgan fingerprint density at radius 2 is 1.78 bits per heavy atom. The number of carbonyl (C=O) groups is 2. The van der Waals surface area contributed by atoms with Crippen LogP contribution in [0.5, 0.6) is 5.75 Å². The van der Waals surface area contributed by atoms with E-state index in [2.05, 4.69) is 16.0 Å². The molecule has 0 saturated heterocycles. The van der Waals surface area contributed by atoms with E-state index in [1.807, 2.05) is 13.8 Å². The standard InChI is InChI=1S/C25H31N3O4/c1-15-22(16(2)32-28-15)14-31-21-5-3-4-20(9-21)24(30)27-26-23(29)13-25-10-17-6-18(11-25)8-19(7-17)12-25/h3-5,9,17-19H,6-8,10-14H2,1-2H3,(H,26,29)(H,27,30). The average molecular weight is 438 g/mol. The lowest BCUT2D eigenvalue weighted by Gasteiger charge is -2.56. The van der Waals surface area contributed by atoms with E-state index in [-0.39, 0.29) is 17.2 Å². The SMILES string of the molecule is Cc1noc(C)c1COc1cccc(C(=O)NNC(=O)CC23CC4CC(CC(C4)C2)C3)c1. The second-order valence-electron chi connectivity index (χ2n) is 10.2. The van der Waals surface area contributed by atoms with Crippen LogP contribution in [0.1, 0.15) is 72.3 Å². The molecule has 170 valence electrons. The Hall–Kier alpha value is -2.83. The van der Waals surface area contributed by atoms with Gasteiger partial charge in [0, 0.05) is 12.0 Å². The van der Waals surface area contributed by atoms with Crippen molar-refractivity contribution in [2.45, 2.75) is 65.4 Å². The Balaban J connectivity index is 1.14. The third kappa shape index (κ3) is 4.25. The smallest absolute Gasteiger partial charge is 0.269 e. The van der Waals surface area contributed by atoms with Crippen molar-refractivity contribution < 1.29 is 18.8 Å². The van der Waals surface area contributed by atoms with E-state index in [0.717, 1.165) is 34.8 Å². The van der Waals surface area contributed by atoms with Gasteiger partial charge < -0.3 is 9.26 Å². The van der Waals surface area contributed by atoms with Gasteiger partial charge in [0.15, 0.2) is 0 Å². The third-order valence-electron chi connectivity index (χ3n) is 7.68. The molecule has 0 unspecified atom stereocenters. The van der Waals surface area contributed by atoms with Crippen LogP contribution >= 0.6 is 0 Å². The lowest BCUT2D eigenvalue weighted by atomic mass is 9.49. The minimum atomic E-state index is -0.355. The quantitative estimate of drug-likeness (QED) is 0.660. The molecule has 1 heterocycles. The molecule has 0 spiro atoms. The van der Waals surface area contributed by atoms with Crippen LogP contribution in [0.2, 0.25) is 0 Å². The number of benzene rings is 1. The minimum absolute atomic E-state index is 0.0916. The van der Waals surface area contributed by atoms with Crippen LogP contribution in [0.15, 0.2) is 28.8 Å². The highest BCUT2D eigenvalue weighted by atomic mass is 16.5.